The van der Waals surface area contributed by atoms with Crippen LogP contribution in [-0.4, -0.2) is 94.8 Å². The van der Waals surface area contributed by atoms with E-state index >= 15 is 0 Å². The number of halogens is 1. The molecule has 6 N–H and O–H groups in total. The van der Waals surface area contributed by atoms with Crippen molar-refractivity contribution in [3.8, 4) is 11.1 Å². The Bertz CT molecular complexity index is 1330. The van der Waals surface area contributed by atoms with Crippen LogP contribution in [0, 0.1) is 12.8 Å². The number of carboxylic acid groups (broad SMARTS) is 2. The Labute approximate surface area is 268 Å². The predicted octanol–water partition coefficient (Wildman–Crippen LogP) is 3.36. The molecule has 0 spiro atoms. The summed E-state index contributed by atoms with van der Waals surface area (Å²) in [6.07, 6.45) is 2.57. The van der Waals surface area contributed by atoms with Gasteiger partial charge in [0.2, 0.25) is 5.91 Å². The van der Waals surface area contributed by atoms with Crippen LogP contribution < -0.4 is 5.73 Å². The van der Waals surface area contributed by atoms with Gasteiger partial charge in [0, 0.05) is 55.0 Å². The zero-order valence-electron chi connectivity index (χ0n) is 25.6. The number of unbranched alkanes of at least 4 members (excludes halogenated alkanes) is 1. The van der Waals surface area contributed by atoms with E-state index in [9.17, 15) is 24.6 Å². The number of nitrogens with zero attached hydrogens (tertiary/aromatic N) is 1. The van der Waals surface area contributed by atoms with Crippen LogP contribution in [-0.2, 0) is 29.5 Å². The van der Waals surface area contributed by atoms with Crippen molar-refractivity contribution in [2.75, 3.05) is 33.4 Å². The summed E-state index contributed by atoms with van der Waals surface area (Å²) in [5, 5.41) is 38.7. The van der Waals surface area contributed by atoms with Gasteiger partial charge in [-0.1, -0.05) is 53.6 Å². The molecule has 1 aliphatic heterocycles. The number of carbonyl (C=O) groups excluding carboxylic acids is 1. The first-order valence-electron chi connectivity index (χ1n) is 14.9. The average Bonchev–Trinajstić information content (AvgIpc) is 3.35. The zero-order valence-corrected chi connectivity index (χ0v) is 26.4. The average molecular weight is 647 g/mol. The first-order valence-corrected chi connectivity index (χ1v) is 15.3. The van der Waals surface area contributed by atoms with Crippen molar-refractivity contribution < 1.29 is 44.3 Å². The SMILES string of the molecule is COCCCC[C@@](O)(c1cccc(Cl)c1-c1cccc(C)c1)[C@H]1CN(C(=O)[C@H]2C[C@@H](N)[C@@H](O)C2)CCO1.O=C(O)/C=C/C(=O)O. The number of aliphatic hydroxyl groups is 2. The summed E-state index contributed by atoms with van der Waals surface area (Å²) in [5.74, 6) is -2.86. The summed E-state index contributed by atoms with van der Waals surface area (Å²) >= 11 is 6.77. The van der Waals surface area contributed by atoms with Crippen molar-refractivity contribution in [3.63, 3.8) is 0 Å². The van der Waals surface area contributed by atoms with E-state index in [1.807, 2.05) is 43.3 Å². The molecule has 2 fully saturated rings. The van der Waals surface area contributed by atoms with E-state index in [0.29, 0.717) is 68.2 Å². The predicted molar refractivity (Wildman–Crippen MR) is 169 cm³/mol. The molecule has 11 nitrogen and oxygen atoms in total. The van der Waals surface area contributed by atoms with Crippen LogP contribution in [0.15, 0.2) is 54.6 Å². The Morgan fingerprint density at radius 2 is 1.80 bits per heavy atom. The lowest BCUT2D eigenvalue weighted by Crippen LogP contribution is -2.55. The van der Waals surface area contributed by atoms with Gasteiger partial charge in [-0.2, -0.15) is 0 Å². The van der Waals surface area contributed by atoms with Crippen LogP contribution in [0.1, 0.15) is 43.2 Å². The number of benzene rings is 2. The third-order valence-electron chi connectivity index (χ3n) is 8.15. The fourth-order valence-corrected chi connectivity index (χ4v) is 6.16. The van der Waals surface area contributed by atoms with Crippen molar-refractivity contribution in [3.05, 3.63) is 70.8 Å². The van der Waals surface area contributed by atoms with Crippen LogP contribution in [0.25, 0.3) is 11.1 Å². The third kappa shape index (κ3) is 9.83. The molecular formula is C33H43ClN2O9. The molecule has 2 aromatic carbocycles. The van der Waals surface area contributed by atoms with E-state index in [1.54, 1.807) is 12.0 Å². The second-order valence-electron chi connectivity index (χ2n) is 11.5. The standard InChI is InChI=1S/C29H39ClN2O5.C4H4O4/c1-19-7-5-8-20(15-19)27-22(9-6-10-23(27)30)29(35,11-3-4-13-36-2)26-18-32(12-14-37-26)28(34)21-16-24(31)25(33)17-21;5-3(6)1-2-4(7)8/h5-10,15,21,24-26,33,35H,3-4,11-14,16-18,31H2,1-2H3;1-2H,(H,5,6)(H,7,8)/b;2-1+/t21-,24+,25-,26+,29+;/m0./s1. The second-order valence-corrected chi connectivity index (χ2v) is 11.9. The molecule has 1 aliphatic carbocycles. The van der Waals surface area contributed by atoms with Crippen molar-refractivity contribution in [2.24, 2.45) is 11.7 Å². The molecule has 1 saturated heterocycles. The number of methoxy groups -OCH3 is 1. The lowest BCUT2D eigenvalue weighted by atomic mass is 9.78. The quantitative estimate of drug-likeness (QED) is 0.179. The molecule has 1 saturated carbocycles. The van der Waals surface area contributed by atoms with Crippen LogP contribution in [0.5, 0.6) is 0 Å². The van der Waals surface area contributed by atoms with E-state index in [-0.39, 0.29) is 24.4 Å². The van der Waals surface area contributed by atoms with Crippen LogP contribution >= 0.6 is 11.6 Å². The van der Waals surface area contributed by atoms with Gasteiger partial charge in [0.25, 0.3) is 0 Å². The minimum absolute atomic E-state index is 0.0352. The first kappa shape index (κ1) is 36.2. The van der Waals surface area contributed by atoms with Gasteiger partial charge in [0.1, 0.15) is 11.7 Å². The Hall–Kier alpha value is -3.32. The molecular weight excluding hydrogens is 604 g/mol. The van der Waals surface area contributed by atoms with Crippen molar-refractivity contribution in [1.82, 2.24) is 4.90 Å². The van der Waals surface area contributed by atoms with E-state index in [1.165, 1.54) is 0 Å². The van der Waals surface area contributed by atoms with Crippen molar-refractivity contribution >= 4 is 29.4 Å². The smallest absolute Gasteiger partial charge is 0.328 e. The van der Waals surface area contributed by atoms with E-state index in [0.717, 1.165) is 23.1 Å². The molecule has 5 atom stereocenters. The minimum atomic E-state index is -1.39. The molecule has 0 unspecified atom stereocenters. The summed E-state index contributed by atoms with van der Waals surface area (Å²) in [7, 11) is 1.67. The molecule has 1 amide bonds. The van der Waals surface area contributed by atoms with Gasteiger partial charge in [-0.05, 0) is 56.2 Å². The van der Waals surface area contributed by atoms with Gasteiger partial charge in [-0.15, -0.1) is 0 Å². The lowest BCUT2D eigenvalue weighted by Gasteiger charge is -2.44. The Morgan fingerprint density at radius 3 is 2.40 bits per heavy atom. The highest BCUT2D eigenvalue weighted by Gasteiger charge is 2.45. The first-order chi connectivity index (χ1) is 21.4. The number of hydrogen-bond donors (Lipinski definition) is 5. The Balaban J connectivity index is 0.000000610. The van der Waals surface area contributed by atoms with Gasteiger partial charge >= 0.3 is 11.9 Å². The van der Waals surface area contributed by atoms with E-state index in [4.69, 9.17) is 37.0 Å². The number of amides is 1. The van der Waals surface area contributed by atoms with Gasteiger partial charge in [-0.25, -0.2) is 9.59 Å². The number of carboxylic acids is 2. The number of hydrogen-bond acceptors (Lipinski definition) is 8. The number of aryl methyl sites for hydroxylation is 1. The highest BCUT2D eigenvalue weighted by atomic mass is 35.5. The van der Waals surface area contributed by atoms with Gasteiger partial charge in [0.15, 0.2) is 0 Å². The Kier molecular flexibility index (Phi) is 13.5. The van der Waals surface area contributed by atoms with E-state index < -0.39 is 29.7 Å². The molecule has 4 rings (SSSR count). The fraction of sp³-hybridized carbons (Fsp3) is 0.485. The minimum Gasteiger partial charge on any atom is -0.478 e. The van der Waals surface area contributed by atoms with E-state index in [2.05, 4.69) is 6.07 Å². The van der Waals surface area contributed by atoms with Crippen LogP contribution in [0.4, 0.5) is 0 Å². The molecule has 246 valence electrons. The normalized spacial score (nSPS) is 22.8. The molecule has 0 aromatic heterocycles. The van der Waals surface area contributed by atoms with Gasteiger partial charge in [-0.3, -0.25) is 4.79 Å². The molecule has 2 aromatic rings. The maximum absolute atomic E-state index is 13.4. The maximum Gasteiger partial charge on any atom is 0.328 e. The molecule has 45 heavy (non-hydrogen) atoms. The lowest BCUT2D eigenvalue weighted by molar-refractivity contribution is -0.167. The molecule has 0 bridgehead atoms. The number of aliphatic carboxylic acids is 2. The Morgan fingerprint density at radius 1 is 1.11 bits per heavy atom. The second kappa shape index (κ2) is 16.8. The van der Waals surface area contributed by atoms with Gasteiger partial charge in [0.05, 0.1) is 19.3 Å². The highest BCUT2D eigenvalue weighted by molar-refractivity contribution is 6.33. The summed E-state index contributed by atoms with van der Waals surface area (Å²) in [6, 6.07) is 13.3. The van der Waals surface area contributed by atoms with Gasteiger partial charge < -0.3 is 40.5 Å². The topological polar surface area (TPSA) is 180 Å². The zero-order chi connectivity index (χ0) is 33.1. The fourth-order valence-electron chi connectivity index (χ4n) is 5.88. The number of nitrogens with two attached hydrogens (primary N) is 1. The maximum atomic E-state index is 13.4. The largest absolute Gasteiger partial charge is 0.478 e. The molecule has 0 radical (unpaired) electrons. The third-order valence-corrected chi connectivity index (χ3v) is 8.46. The van der Waals surface area contributed by atoms with Crippen molar-refractivity contribution in [2.45, 2.75) is 62.9 Å². The summed E-state index contributed by atoms with van der Waals surface area (Å²) in [6.45, 7) is 3.63. The number of morpholine rings is 1. The van der Waals surface area contributed by atoms with Crippen LogP contribution in [0.3, 0.4) is 0 Å². The number of aliphatic hydroxyl groups excluding tert-OH is 1. The summed E-state index contributed by atoms with van der Waals surface area (Å²) < 4.78 is 11.4. The molecule has 2 aliphatic rings. The number of ether oxygens (including phenoxy) is 2. The van der Waals surface area contributed by atoms with Crippen LogP contribution in [0.2, 0.25) is 5.02 Å². The molecule has 1 heterocycles. The summed E-state index contributed by atoms with van der Waals surface area (Å²) in [5.41, 5.74) is 8.08. The monoisotopic (exact) mass is 646 g/mol. The summed E-state index contributed by atoms with van der Waals surface area (Å²) in [4.78, 5) is 34.2. The number of rotatable bonds is 11. The van der Waals surface area contributed by atoms with Crippen molar-refractivity contribution in [1.29, 1.82) is 0 Å². The molecule has 12 heteroatoms. The number of carbonyl (C=O) groups is 3. The highest BCUT2D eigenvalue weighted by Crippen LogP contribution is 2.43.